The number of para-hydroxylation sites is 1. The quantitative estimate of drug-likeness (QED) is 0.493. The normalized spacial score (nSPS) is 11.4. The molecule has 0 aliphatic heterocycles. The van der Waals surface area contributed by atoms with Crippen molar-refractivity contribution in [2.24, 2.45) is 0 Å². The highest BCUT2D eigenvalue weighted by Gasteiger charge is 2.10. The SMILES string of the molecule is Cc1cccc(CCC(=O)NC(C)c2ccc(NC(=O)Nc3ccccc3)cc2)c1. The van der Waals surface area contributed by atoms with Crippen molar-refractivity contribution >= 4 is 23.3 Å². The van der Waals surface area contributed by atoms with Crippen molar-refractivity contribution in [3.05, 3.63) is 95.6 Å². The molecule has 3 aromatic carbocycles. The number of nitrogens with one attached hydrogen (secondary N) is 3. The van der Waals surface area contributed by atoms with Gasteiger partial charge < -0.3 is 16.0 Å². The molecule has 30 heavy (non-hydrogen) atoms. The van der Waals surface area contributed by atoms with Crippen molar-refractivity contribution in [1.82, 2.24) is 5.32 Å². The summed E-state index contributed by atoms with van der Waals surface area (Å²) < 4.78 is 0. The zero-order chi connectivity index (χ0) is 21.3. The number of carbonyl (C=O) groups is 2. The molecular weight excluding hydrogens is 374 g/mol. The molecule has 0 fully saturated rings. The summed E-state index contributed by atoms with van der Waals surface area (Å²) in [7, 11) is 0. The van der Waals surface area contributed by atoms with Gasteiger partial charge in [0.1, 0.15) is 0 Å². The number of amides is 3. The molecule has 5 nitrogen and oxygen atoms in total. The van der Waals surface area contributed by atoms with Crippen LogP contribution in [0, 0.1) is 6.92 Å². The molecule has 0 aliphatic carbocycles. The van der Waals surface area contributed by atoms with Crippen LogP contribution in [-0.4, -0.2) is 11.9 Å². The van der Waals surface area contributed by atoms with Crippen molar-refractivity contribution < 1.29 is 9.59 Å². The maximum Gasteiger partial charge on any atom is 0.323 e. The van der Waals surface area contributed by atoms with E-state index in [1.54, 1.807) is 0 Å². The number of rotatable bonds is 7. The number of urea groups is 1. The Hall–Kier alpha value is -3.60. The first-order valence-corrected chi connectivity index (χ1v) is 10.1. The zero-order valence-corrected chi connectivity index (χ0v) is 17.3. The van der Waals surface area contributed by atoms with E-state index in [0.717, 1.165) is 17.7 Å². The van der Waals surface area contributed by atoms with Crippen molar-refractivity contribution in [2.45, 2.75) is 32.7 Å². The average molecular weight is 402 g/mol. The fraction of sp³-hybridized carbons (Fsp3) is 0.200. The minimum Gasteiger partial charge on any atom is -0.350 e. The zero-order valence-electron chi connectivity index (χ0n) is 17.3. The molecule has 0 bridgehead atoms. The second-order valence-electron chi connectivity index (χ2n) is 7.35. The van der Waals surface area contributed by atoms with Crippen LogP contribution in [0.25, 0.3) is 0 Å². The molecule has 3 aromatic rings. The number of carbonyl (C=O) groups excluding carboxylic acids is 2. The standard InChI is InChI=1S/C25H27N3O2/c1-18-7-6-8-20(17-18)11-16-24(29)26-19(2)21-12-14-23(15-13-21)28-25(30)27-22-9-4-3-5-10-22/h3-10,12-15,17,19H,11,16H2,1-2H3,(H,26,29)(H2,27,28,30). The van der Waals surface area contributed by atoms with Gasteiger partial charge in [-0.3, -0.25) is 4.79 Å². The summed E-state index contributed by atoms with van der Waals surface area (Å²) in [6, 6.07) is 24.5. The molecule has 0 heterocycles. The smallest absolute Gasteiger partial charge is 0.323 e. The van der Waals surface area contributed by atoms with Gasteiger partial charge in [-0.2, -0.15) is 0 Å². The van der Waals surface area contributed by atoms with E-state index in [1.165, 1.54) is 11.1 Å². The Morgan fingerprint density at radius 3 is 2.17 bits per heavy atom. The molecule has 1 atom stereocenters. The summed E-state index contributed by atoms with van der Waals surface area (Å²) in [5, 5.41) is 8.62. The molecule has 0 aliphatic rings. The third kappa shape index (κ3) is 6.48. The Bertz CT molecular complexity index is 985. The Balaban J connectivity index is 1.47. The lowest BCUT2D eigenvalue weighted by Crippen LogP contribution is -2.26. The molecular formula is C25H27N3O2. The summed E-state index contributed by atoms with van der Waals surface area (Å²) in [4.78, 5) is 24.4. The molecule has 154 valence electrons. The molecule has 0 saturated heterocycles. The van der Waals surface area contributed by atoms with Crippen LogP contribution in [0.4, 0.5) is 16.2 Å². The first-order chi connectivity index (χ1) is 14.5. The summed E-state index contributed by atoms with van der Waals surface area (Å²) in [6.45, 7) is 4.00. The minimum absolute atomic E-state index is 0.0217. The number of hydrogen-bond acceptors (Lipinski definition) is 2. The van der Waals surface area contributed by atoms with Crippen molar-refractivity contribution in [3.63, 3.8) is 0 Å². The van der Waals surface area contributed by atoms with E-state index >= 15 is 0 Å². The van der Waals surface area contributed by atoms with E-state index in [0.29, 0.717) is 12.1 Å². The van der Waals surface area contributed by atoms with Gasteiger partial charge >= 0.3 is 6.03 Å². The highest BCUT2D eigenvalue weighted by Crippen LogP contribution is 2.17. The predicted molar refractivity (Wildman–Crippen MR) is 122 cm³/mol. The molecule has 5 heteroatoms. The van der Waals surface area contributed by atoms with Crippen LogP contribution < -0.4 is 16.0 Å². The lowest BCUT2D eigenvalue weighted by molar-refractivity contribution is -0.121. The van der Waals surface area contributed by atoms with Gasteiger partial charge in [0.25, 0.3) is 0 Å². The van der Waals surface area contributed by atoms with Gasteiger partial charge in [-0.25, -0.2) is 4.79 Å². The molecule has 3 N–H and O–H groups in total. The third-order valence-corrected chi connectivity index (χ3v) is 4.80. The van der Waals surface area contributed by atoms with Crippen LogP contribution >= 0.6 is 0 Å². The van der Waals surface area contributed by atoms with Gasteiger partial charge in [-0.15, -0.1) is 0 Å². The number of hydrogen-bond donors (Lipinski definition) is 3. The van der Waals surface area contributed by atoms with Crippen LogP contribution in [-0.2, 0) is 11.2 Å². The summed E-state index contributed by atoms with van der Waals surface area (Å²) in [5.74, 6) is 0.0217. The molecule has 3 rings (SSSR count). The van der Waals surface area contributed by atoms with Gasteiger partial charge in [-0.05, 0) is 55.7 Å². The Labute approximate surface area is 177 Å². The van der Waals surface area contributed by atoms with Crippen LogP contribution in [0.5, 0.6) is 0 Å². The molecule has 0 aromatic heterocycles. The average Bonchev–Trinajstić information content (AvgIpc) is 2.73. The Morgan fingerprint density at radius 2 is 1.50 bits per heavy atom. The van der Waals surface area contributed by atoms with Crippen molar-refractivity contribution in [3.8, 4) is 0 Å². The largest absolute Gasteiger partial charge is 0.350 e. The summed E-state index contributed by atoms with van der Waals surface area (Å²) >= 11 is 0. The fourth-order valence-electron chi connectivity index (χ4n) is 3.19. The van der Waals surface area contributed by atoms with Gasteiger partial charge in [0.15, 0.2) is 0 Å². The van der Waals surface area contributed by atoms with Gasteiger partial charge in [0, 0.05) is 17.8 Å². The van der Waals surface area contributed by atoms with Gasteiger partial charge in [0.05, 0.1) is 6.04 Å². The first kappa shape index (κ1) is 21.1. The second-order valence-corrected chi connectivity index (χ2v) is 7.35. The lowest BCUT2D eigenvalue weighted by Gasteiger charge is -2.15. The molecule has 0 radical (unpaired) electrons. The summed E-state index contributed by atoms with van der Waals surface area (Å²) in [6.07, 6.45) is 1.17. The van der Waals surface area contributed by atoms with E-state index in [-0.39, 0.29) is 18.0 Å². The minimum atomic E-state index is -0.300. The van der Waals surface area contributed by atoms with Crippen LogP contribution in [0.3, 0.4) is 0 Å². The lowest BCUT2D eigenvalue weighted by atomic mass is 10.1. The van der Waals surface area contributed by atoms with Crippen molar-refractivity contribution in [1.29, 1.82) is 0 Å². The summed E-state index contributed by atoms with van der Waals surface area (Å²) in [5.41, 5.74) is 4.76. The number of benzene rings is 3. The first-order valence-electron chi connectivity index (χ1n) is 10.1. The second kappa shape index (κ2) is 10.3. The van der Waals surface area contributed by atoms with Crippen LogP contribution in [0.1, 0.15) is 36.1 Å². The van der Waals surface area contributed by atoms with E-state index in [2.05, 4.69) is 35.0 Å². The van der Waals surface area contributed by atoms with E-state index in [1.807, 2.05) is 73.7 Å². The third-order valence-electron chi connectivity index (χ3n) is 4.80. The molecule has 0 spiro atoms. The molecule has 0 saturated carbocycles. The maximum absolute atomic E-state index is 12.3. The number of aryl methyl sites for hydroxylation is 2. The molecule has 3 amide bonds. The van der Waals surface area contributed by atoms with Gasteiger partial charge in [0.2, 0.25) is 5.91 Å². The monoisotopic (exact) mass is 401 g/mol. The Morgan fingerprint density at radius 1 is 0.833 bits per heavy atom. The van der Waals surface area contributed by atoms with E-state index < -0.39 is 0 Å². The van der Waals surface area contributed by atoms with Crippen LogP contribution in [0.15, 0.2) is 78.9 Å². The van der Waals surface area contributed by atoms with E-state index in [4.69, 9.17) is 0 Å². The fourth-order valence-corrected chi connectivity index (χ4v) is 3.19. The predicted octanol–water partition coefficient (Wildman–Crippen LogP) is 5.45. The van der Waals surface area contributed by atoms with Crippen molar-refractivity contribution in [2.75, 3.05) is 10.6 Å². The highest BCUT2D eigenvalue weighted by molar-refractivity contribution is 5.99. The number of anilines is 2. The topological polar surface area (TPSA) is 70.2 Å². The Kier molecular flexibility index (Phi) is 7.22. The van der Waals surface area contributed by atoms with E-state index in [9.17, 15) is 9.59 Å². The maximum atomic E-state index is 12.3. The molecule has 1 unspecified atom stereocenters. The highest BCUT2D eigenvalue weighted by atomic mass is 16.2. The van der Waals surface area contributed by atoms with Gasteiger partial charge in [-0.1, -0.05) is 60.2 Å². The van der Waals surface area contributed by atoms with Crippen LogP contribution in [0.2, 0.25) is 0 Å².